The minimum absolute atomic E-state index is 0.0135. The highest BCUT2D eigenvalue weighted by molar-refractivity contribution is 7.47. The van der Waals surface area contributed by atoms with Crippen molar-refractivity contribution in [3.8, 4) is 0 Å². The third-order valence-electron chi connectivity index (χ3n) is 22.7. The van der Waals surface area contributed by atoms with E-state index in [4.69, 9.17) is 46.9 Å². The molecule has 116 heavy (non-hydrogen) atoms. The van der Waals surface area contributed by atoms with E-state index in [1.807, 2.05) is 0 Å². The van der Waals surface area contributed by atoms with Crippen LogP contribution in [-0.4, -0.2) is 205 Å². The zero-order valence-electron chi connectivity index (χ0n) is 72.3. The van der Waals surface area contributed by atoms with Crippen LogP contribution >= 0.6 is 7.82 Å². The van der Waals surface area contributed by atoms with Gasteiger partial charge in [0.1, 0.15) is 92.6 Å². The SMILES string of the molecule is CCCCCC/C=C\CCCCCCCCCC(=O)OC(COC(=O)CCCCC/C=C\CCCCCCCC)COP(=O)(O)OC1C(OC2OC(CO)C(O)C(O)C2O)C(O)C(O)C(OC(=O)CCCCCCCCCCCCCCCCCC)C1OC1OC(COC(=O)CCCCCCCCCCCCCCC)C(O)C(O)C1O. The van der Waals surface area contributed by atoms with E-state index in [1.165, 1.54) is 161 Å². The summed E-state index contributed by atoms with van der Waals surface area (Å²) < 4.78 is 73.4. The molecule has 3 fully saturated rings. The van der Waals surface area contributed by atoms with Crippen molar-refractivity contribution in [3.05, 3.63) is 24.3 Å². The van der Waals surface area contributed by atoms with Crippen molar-refractivity contribution < 1.29 is 122 Å². The number of carbonyl (C=O) groups is 4. The fourth-order valence-corrected chi connectivity index (χ4v) is 16.2. The fourth-order valence-electron chi connectivity index (χ4n) is 15.2. The molecule has 0 aromatic carbocycles. The van der Waals surface area contributed by atoms with Crippen molar-refractivity contribution in [3.63, 3.8) is 0 Å². The smallest absolute Gasteiger partial charge is 0.463 e. The second kappa shape index (κ2) is 69.4. The van der Waals surface area contributed by atoms with E-state index >= 15 is 0 Å². The summed E-state index contributed by atoms with van der Waals surface area (Å²) in [5.41, 5.74) is 0. The number of aliphatic hydroxyl groups is 9. The van der Waals surface area contributed by atoms with Crippen LogP contribution in [0.1, 0.15) is 394 Å². The minimum atomic E-state index is -5.81. The number of rotatable bonds is 75. The first-order chi connectivity index (χ1) is 56.2. The molecule has 2 aliphatic heterocycles. The van der Waals surface area contributed by atoms with E-state index in [9.17, 15) is 74.6 Å². The summed E-state index contributed by atoms with van der Waals surface area (Å²) in [5.74, 6) is -2.98. The molecular formula is C90H165O25P. The van der Waals surface area contributed by atoms with Gasteiger partial charge in [0.2, 0.25) is 0 Å². The Balaban J connectivity index is 1.93. The Morgan fingerprint density at radius 2 is 0.647 bits per heavy atom. The summed E-state index contributed by atoms with van der Waals surface area (Å²) >= 11 is 0. The summed E-state index contributed by atoms with van der Waals surface area (Å²) in [7, 11) is -5.81. The molecule has 18 atom stereocenters. The zero-order chi connectivity index (χ0) is 84.7. The zero-order valence-corrected chi connectivity index (χ0v) is 73.2. The lowest BCUT2D eigenvalue weighted by molar-refractivity contribution is -0.360. The van der Waals surface area contributed by atoms with Crippen LogP contribution in [-0.2, 0) is 70.7 Å². The molecule has 26 heteroatoms. The van der Waals surface area contributed by atoms with Crippen LogP contribution in [0.2, 0.25) is 0 Å². The van der Waals surface area contributed by atoms with Crippen LogP contribution in [0.25, 0.3) is 0 Å². The van der Waals surface area contributed by atoms with Crippen LogP contribution < -0.4 is 0 Å². The number of phosphoric acid groups is 1. The lowest BCUT2D eigenvalue weighted by atomic mass is 9.84. The molecule has 3 aliphatic rings. The molecule has 680 valence electrons. The van der Waals surface area contributed by atoms with Gasteiger partial charge in [-0.25, -0.2) is 4.57 Å². The first kappa shape index (κ1) is 107. The highest BCUT2D eigenvalue weighted by Crippen LogP contribution is 2.49. The number of phosphoric ester groups is 1. The number of allylic oxidation sites excluding steroid dienone is 4. The Morgan fingerprint density at radius 1 is 0.336 bits per heavy atom. The first-order valence-electron chi connectivity index (χ1n) is 46.6. The maximum Gasteiger partial charge on any atom is 0.472 e. The Kier molecular flexibility index (Phi) is 64.1. The number of esters is 4. The predicted molar refractivity (Wildman–Crippen MR) is 449 cm³/mol. The van der Waals surface area contributed by atoms with Gasteiger partial charge in [-0.3, -0.25) is 28.2 Å². The molecule has 0 radical (unpaired) electrons. The quantitative estimate of drug-likeness (QED) is 0.00889. The minimum Gasteiger partial charge on any atom is -0.463 e. The lowest BCUT2D eigenvalue weighted by Gasteiger charge is -2.50. The molecule has 2 saturated heterocycles. The van der Waals surface area contributed by atoms with Crippen molar-refractivity contribution in [2.24, 2.45) is 0 Å². The largest absolute Gasteiger partial charge is 0.472 e. The first-order valence-corrected chi connectivity index (χ1v) is 48.1. The maximum absolute atomic E-state index is 14.9. The molecule has 1 aliphatic carbocycles. The van der Waals surface area contributed by atoms with Crippen molar-refractivity contribution >= 4 is 31.7 Å². The van der Waals surface area contributed by atoms with Crippen molar-refractivity contribution in [2.45, 2.75) is 498 Å². The molecule has 0 bridgehead atoms. The normalized spacial score (nSPS) is 25.2. The lowest BCUT2D eigenvalue weighted by Crippen LogP contribution is -2.70. The number of aliphatic hydroxyl groups excluding tert-OH is 9. The van der Waals surface area contributed by atoms with Gasteiger partial charge in [0.05, 0.1) is 13.2 Å². The number of unbranched alkanes of at least 4 members (excludes halogenated alkanes) is 47. The highest BCUT2D eigenvalue weighted by Gasteiger charge is 2.60. The Morgan fingerprint density at radius 3 is 1.04 bits per heavy atom. The second-order valence-electron chi connectivity index (χ2n) is 33.2. The van der Waals surface area contributed by atoms with Gasteiger partial charge in [0.25, 0.3) is 0 Å². The average molecular weight is 1680 g/mol. The van der Waals surface area contributed by atoms with E-state index in [1.54, 1.807) is 0 Å². The van der Waals surface area contributed by atoms with Crippen molar-refractivity contribution in [1.82, 2.24) is 0 Å². The predicted octanol–water partition coefficient (Wildman–Crippen LogP) is 16.9. The molecule has 0 amide bonds. The highest BCUT2D eigenvalue weighted by atomic mass is 31.2. The summed E-state index contributed by atoms with van der Waals surface area (Å²) in [6.45, 7) is 5.56. The van der Waals surface area contributed by atoms with Gasteiger partial charge in [-0.05, 0) is 77.0 Å². The van der Waals surface area contributed by atoms with E-state index in [-0.39, 0.29) is 25.7 Å². The summed E-state index contributed by atoms with van der Waals surface area (Å²) in [5, 5.41) is 102. The van der Waals surface area contributed by atoms with Gasteiger partial charge in [0, 0.05) is 25.7 Å². The molecule has 25 nitrogen and oxygen atoms in total. The topological polar surface area (TPSA) is 380 Å². The molecule has 3 rings (SSSR count). The van der Waals surface area contributed by atoms with Gasteiger partial charge in [-0.2, -0.15) is 0 Å². The molecule has 0 aromatic rings. The van der Waals surface area contributed by atoms with E-state index in [0.29, 0.717) is 38.5 Å². The third kappa shape index (κ3) is 49.3. The Bertz CT molecular complexity index is 2510. The van der Waals surface area contributed by atoms with Gasteiger partial charge in [-0.15, -0.1) is 0 Å². The third-order valence-corrected chi connectivity index (χ3v) is 23.7. The van der Waals surface area contributed by atoms with Crippen LogP contribution in [0, 0.1) is 0 Å². The maximum atomic E-state index is 14.9. The summed E-state index contributed by atoms with van der Waals surface area (Å²) in [6, 6.07) is 0. The van der Waals surface area contributed by atoms with E-state index in [0.717, 1.165) is 141 Å². The molecule has 0 aromatic heterocycles. The van der Waals surface area contributed by atoms with Crippen LogP contribution in [0.15, 0.2) is 24.3 Å². The van der Waals surface area contributed by atoms with Crippen molar-refractivity contribution in [1.29, 1.82) is 0 Å². The monoisotopic (exact) mass is 1680 g/mol. The average Bonchev–Trinajstić information content (AvgIpc) is 0.755. The fraction of sp³-hybridized carbons (Fsp3) is 0.911. The second-order valence-corrected chi connectivity index (χ2v) is 34.6. The number of carbonyl (C=O) groups excluding carboxylic acids is 4. The Labute approximate surface area is 698 Å². The summed E-state index contributed by atoms with van der Waals surface area (Å²) in [6.07, 6.45) is 28.9. The molecule has 18 unspecified atom stereocenters. The van der Waals surface area contributed by atoms with E-state index in [2.05, 4.69) is 52.0 Å². The van der Waals surface area contributed by atoms with Crippen LogP contribution in [0.5, 0.6) is 0 Å². The van der Waals surface area contributed by atoms with Crippen molar-refractivity contribution in [2.75, 3.05) is 26.4 Å². The summed E-state index contributed by atoms with van der Waals surface area (Å²) in [4.78, 5) is 66.4. The molecule has 2 heterocycles. The van der Waals surface area contributed by atoms with Gasteiger partial charge < -0.3 is 88.7 Å². The number of hydrogen-bond donors (Lipinski definition) is 10. The number of hydrogen-bond acceptors (Lipinski definition) is 24. The van der Waals surface area contributed by atoms with Gasteiger partial charge in [-0.1, -0.05) is 315 Å². The van der Waals surface area contributed by atoms with Crippen LogP contribution in [0.3, 0.4) is 0 Å². The molecule has 0 spiro atoms. The standard InChI is InChI=1S/C90H165O25P/c1-5-9-13-17-21-25-29-33-35-37-41-45-49-53-57-61-65-76(95)112-85-81(100)82(101)86(113-89-83(102)79(98)77(96)71(66-91)110-89)88(87(85)114-90-84(103)80(99)78(97)72(111-90)69-107-74(93)63-59-55-51-47-43-39-32-28-24-20-16-12-8-4)115-116(104,105)108-68-70(67-106-73(92)62-58-54-50-46-42-38-31-27-23-19-15-11-7-3)109-75(94)64-60-56-52-48-44-40-36-34-30-26-22-18-14-10-6-2/h26,30,38,42,70-72,77-91,96-103H,5-25,27-29,31-37,39-41,43-69H2,1-4H3,(H,104,105)/b30-26-,42-38-. The van der Waals surface area contributed by atoms with E-state index < -0.39 is 162 Å². The molecule has 1 saturated carbocycles. The van der Waals surface area contributed by atoms with Gasteiger partial charge >= 0.3 is 31.7 Å². The Hall–Kier alpha value is -3.05. The molecular weight excluding hydrogens is 1510 g/mol. The molecule has 10 N–H and O–H groups in total. The van der Waals surface area contributed by atoms with Gasteiger partial charge in [0.15, 0.2) is 24.8 Å². The van der Waals surface area contributed by atoms with Crippen LogP contribution in [0.4, 0.5) is 0 Å². The number of ether oxygens (including phenoxy) is 8.